The minimum absolute atomic E-state index is 0.556. The Morgan fingerprint density at radius 1 is 1.46 bits per heavy atom. The third-order valence-electron chi connectivity index (χ3n) is 3.35. The van der Waals surface area contributed by atoms with E-state index in [1.54, 1.807) is 11.9 Å². The lowest BCUT2D eigenvalue weighted by Crippen LogP contribution is -1.89. The largest absolute Gasteiger partial charge is 0.245 e. The predicted octanol–water partition coefficient (Wildman–Crippen LogP) is 2.43. The Hall–Kier alpha value is -1.18. The molecule has 0 bridgehead atoms. The van der Waals surface area contributed by atoms with Crippen molar-refractivity contribution in [3.05, 3.63) is 29.9 Å². The van der Waals surface area contributed by atoms with Crippen molar-refractivity contribution in [1.29, 1.82) is 0 Å². The third kappa shape index (κ3) is 0.947. The molecule has 2 heteroatoms. The van der Waals surface area contributed by atoms with Gasteiger partial charge in [0.25, 0.3) is 0 Å². The van der Waals surface area contributed by atoms with Crippen LogP contribution in [0.25, 0.3) is 5.57 Å². The summed E-state index contributed by atoms with van der Waals surface area (Å²) in [6.07, 6.45) is 7.30. The second-order valence-electron chi connectivity index (χ2n) is 4.29. The van der Waals surface area contributed by atoms with Crippen LogP contribution in [0.5, 0.6) is 0 Å². The van der Waals surface area contributed by atoms with Gasteiger partial charge in [0.15, 0.2) is 0 Å². The predicted molar refractivity (Wildman–Crippen MR) is 50.9 cm³/mol. The number of hydrogen-bond donors (Lipinski definition) is 0. The summed E-state index contributed by atoms with van der Waals surface area (Å²) >= 11 is 0. The number of hydrogen-bond acceptors (Lipinski definition) is 2. The number of fused-ring (bicyclic) bond motifs is 1. The van der Waals surface area contributed by atoms with Gasteiger partial charge in [0.1, 0.15) is 6.33 Å². The first kappa shape index (κ1) is 7.25. The minimum atomic E-state index is 0.556. The summed E-state index contributed by atoms with van der Waals surface area (Å²) in [5.74, 6) is 0. The zero-order chi connectivity index (χ0) is 8.89. The van der Waals surface area contributed by atoms with Gasteiger partial charge < -0.3 is 0 Å². The molecule has 0 spiro atoms. The van der Waals surface area contributed by atoms with E-state index in [4.69, 9.17) is 0 Å². The summed E-state index contributed by atoms with van der Waals surface area (Å²) in [6.45, 7) is 2.36. The maximum atomic E-state index is 4.30. The molecule has 1 saturated carbocycles. The van der Waals surface area contributed by atoms with Crippen LogP contribution >= 0.6 is 0 Å². The fourth-order valence-electron chi connectivity index (χ4n) is 2.36. The molecule has 1 heterocycles. The molecule has 1 aromatic heterocycles. The van der Waals surface area contributed by atoms with Crippen molar-refractivity contribution in [3.63, 3.8) is 0 Å². The highest BCUT2D eigenvalue weighted by atomic mass is 14.8. The summed E-state index contributed by atoms with van der Waals surface area (Å²) in [5.41, 5.74) is 4.84. The molecule has 2 nitrogen and oxygen atoms in total. The average Bonchev–Trinajstić information content (AvgIpc) is 2.71. The van der Waals surface area contributed by atoms with Gasteiger partial charge in [0, 0.05) is 6.20 Å². The lowest BCUT2D eigenvalue weighted by molar-refractivity contribution is 0.573. The second kappa shape index (κ2) is 2.19. The SMILES string of the molecule is CC12CCC(c3ccncn3)=C1C2. The zero-order valence-corrected chi connectivity index (χ0v) is 7.75. The van der Waals surface area contributed by atoms with Crippen molar-refractivity contribution >= 4 is 5.57 Å². The molecule has 2 aliphatic rings. The van der Waals surface area contributed by atoms with Gasteiger partial charge in [-0.1, -0.05) is 12.5 Å². The van der Waals surface area contributed by atoms with E-state index in [-0.39, 0.29) is 0 Å². The highest BCUT2D eigenvalue weighted by Crippen LogP contribution is 2.64. The first-order chi connectivity index (χ1) is 6.30. The van der Waals surface area contributed by atoms with E-state index < -0.39 is 0 Å². The minimum Gasteiger partial charge on any atom is -0.245 e. The molecule has 3 rings (SSSR count). The van der Waals surface area contributed by atoms with Crippen molar-refractivity contribution in [2.45, 2.75) is 26.2 Å². The average molecular weight is 172 g/mol. The van der Waals surface area contributed by atoms with Crippen molar-refractivity contribution in [2.75, 3.05) is 0 Å². The summed E-state index contributed by atoms with van der Waals surface area (Å²) < 4.78 is 0. The Morgan fingerprint density at radius 2 is 2.38 bits per heavy atom. The van der Waals surface area contributed by atoms with Crippen LogP contribution in [0.3, 0.4) is 0 Å². The van der Waals surface area contributed by atoms with Gasteiger partial charge in [0.2, 0.25) is 0 Å². The van der Waals surface area contributed by atoms with Crippen molar-refractivity contribution in [1.82, 2.24) is 9.97 Å². The molecule has 13 heavy (non-hydrogen) atoms. The van der Waals surface area contributed by atoms with Crippen LogP contribution < -0.4 is 0 Å². The van der Waals surface area contributed by atoms with Crippen LogP contribution in [0, 0.1) is 5.41 Å². The first-order valence-electron chi connectivity index (χ1n) is 4.78. The summed E-state index contributed by atoms with van der Waals surface area (Å²) in [6, 6.07) is 2.02. The number of rotatable bonds is 1. The zero-order valence-electron chi connectivity index (χ0n) is 7.75. The molecular weight excluding hydrogens is 160 g/mol. The maximum Gasteiger partial charge on any atom is 0.116 e. The Kier molecular flexibility index (Phi) is 1.22. The molecule has 0 aliphatic heterocycles. The van der Waals surface area contributed by atoms with Gasteiger partial charge in [-0.25, -0.2) is 9.97 Å². The molecule has 0 amide bonds. The van der Waals surface area contributed by atoms with Gasteiger partial charge in [0.05, 0.1) is 5.69 Å². The smallest absolute Gasteiger partial charge is 0.116 e. The molecule has 1 atom stereocenters. The van der Waals surface area contributed by atoms with Crippen LogP contribution in [-0.4, -0.2) is 9.97 Å². The third-order valence-corrected chi connectivity index (χ3v) is 3.35. The molecule has 1 fully saturated rings. The van der Waals surface area contributed by atoms with Crippen molar-refractivity contribution < 1.29 is 0 Å². The Labute approximate surface area is 77.7 Å². The molecule has 0 N–H and O–H groups in total. The topological polar surface area (TPSA) is 25.8 Å². The maximum absolute atomic E-state index is 4.30. The molecular formula is C11H12N2. The van der Waals surface area contributed by atoms with E-state index in [1.807, 2.05) is 12.3 Å². The lowest BCUT2D eigenvalue weighted by Gasteiger charge is -2.01. The van der Waals surface area contributed by atoms with Crippen LogP contribution in [0.2, 0.25) is 0 Å². The second-order valence-corrected chi connectivity index (χ2v) is 4.29. The van der Waals surface area contributed by atoms with Gasteiger partial charge >= 0.3 is 0 Å². The molecule has 2 aliphatic carbocycles. The molecule has 0 saturated heterocycles. The van der Waals surface area contributed by atoms with E-state index in [0.717, 1.165) is 5.69 Å². The number of allylic oxidation sites excluding steroid dienone is 2. The normalized spacial score (nSPS) is 30.5. The van der Waals surface area contributed by atoms with Crippen LogP contribution in [0.4, 0.5) is 0 Å². The van der Waals surface area contributed by atoms with E-state index >= 15 is 0 Å². The van der Waals surface area contributed by atoms with E-state index in [1.165, 1.54) is 24.8 Å². The molecule has 66 valence electrons. The van der Waals surface area contributed by atoms with Gasteiger partial charge in [-0.2, -0.15) is 0 Å². The van der Waals surface area contributed by atoms with Gasteiger partial charge in [-0.05, 0) is 36.3 Å². The summed E-state index contributed by atoms with van der Waals surface area (Å²) in [7, 11) is 0. The Balaban J connectivity index is 2.05. The van der Waals surface area contributed by atoms with E-state index in [0.29, 0.717) is 5.41 Å². The quantitative estimate of drug-likeness (QED) is 0.650. The van der Waals surface area contributed by atoms with Gasteiger partial charge in [-0.3, -0.25) is 0 Å². The van der Waals surface area contributed by atoms with Crippen LogP contribution in [0.1, 0.15) is 31.9 Å². The van der Waals surface area contributed by atoms with E-state index in [2.05, 4.69) is 16.9 Å². The Bertz CT molecular complexity index is 380. The number of aromatic nitrogens is 2. The van der Waals surface area contributed by atoms with Gasteiger partial charge in [-0.15, -0.1) is 0 Å². The molecule has 1 aromatic rings. The van der Waals surface area contributed by atoms with Crippen LogP contribution in [0.15, 0.2) is 24.2 Å². The summed E-state index contributed by atoms with van der Waals surface area (Å²) in [5, 5.41) is 0. The fourth-order valence-corrected chi connectivity index (χ4v) is 2.36. The van der Waals surface area contributed by atoms with Crippen molar-refractivity contribution in [2.24, 2.45) is 5.41 Å². The monoisotopic (exact) mass is 172 g/mol. The van der Waals surface area contributed by atoms with Crippen LogP contribution in [-0.2, 0) is 0 Å². The first-order valence-corrected chi connectivity index (χ1v) is 4.78. The van der Waals surface area contributed by atoms with Crippen molar-refractivity contribution in [3.8, 4) is 0 Å². The van der Waals surface area contributed by atoms with E-state index in [9.17, 15) is 0 Å². The standard InChI is InChI=1S/C11H12N2/c1-11-4-2-8(9(11)6-11)10-3-5-12-7-13-10/h3,5,7H,2,4,6H2,1H3. The highest BCUT2D eigenvalue weighted by molar-refractivity contribution is 5.74. The molecule has 0 radical (unpaired) electrons. The lowest BCUT2D eigenvalue weighted by atomic mass is 10.1. The fraction of sp³-hybridized carbons (Fsp3) is 0.455. The Morgan fingerprint density at radius 3 is 2.92 bits per heavy atom. The summed E-state index contributed by atoms with van der Waals surface area (Å²) in [4.78, 5) is 8.24. The molecule has 0 aromatic carbocycles. The number of nitrogens with zero attached hydrogens (tertiary/aromatic N) is 2. The highest BCUT2D eigenvalue weighted by Gasteiger charge is 2.50. The molecule has 1 unspecified atom stereocenters.